The van der Waals surface area contributed by atoms with Gasteiger partial charge >= 0.3 is 0 Å². The number of hydrogen-bond donors (Lipinski definition) is 0. The predicted molar refractivity (Wildman–Crippen MR) is 108 cm³/mol. The number of benzene rings is 2. The summed E-state index contributed by atoms with van der Waals surface area (Å²) in [5.41, 5.74) is 2.90. The molecule has 2 aromatic carbocycles. The first-order valence-corrected chi connectivity index (χ1v) is 8.91. The first-order valence-electron chi connectivity index (χ1n) is 8.15. The van der Waals surface area contributed by atoms with E-state index in [9.17, 15) is 5.26 Å². The Balaban J connectivity index is 1.76. The van der Waals surface area contributed by atoms with Gasteiger partial charge in [0.1, 0.15) is 17.6 Å². The number of aryl methyl sites for hydroxylation is 1. The topological polar surface area (TPSA) is 54.8 Å². The summed E-state index contributed by atoms with van der Waals surface area (Å²) in [6.45, 7) is 0. The molecule has 4 aromatic rings. The van der Waals surface area contributed by atoms with Crippen LogP contribution in [0.4, 0.5) is 0 Å². The zero-order chi connectivity index (χ0) is 19.0. The molecule has 2 aromatic heterocycles. The average molecular weight is 394 g/mol. The van der Waals surface area contributed by atoms with Gasteiger partial charge in [-0.05, 0) is 42.5 Å². The first-order chi connectivity index (χ1) is 13.1. The van der Waals surface area contributed by atoms with Gasteiger partial charge in [0.15, 0.2) is 5.82 Å². The molecule has 0 saturated carbocycles. The molecule has 0 aliphatic carbocycles. The number of halogens is 2. The lowest BCUT2D eigenvalue weighted by atomic mass is 10.2. The third kappa shape index (κ3) is 3.23. The molecular formula is C21H13Cl2N3O. The minimum atomic E-state index is 0.409. The highest BCUT2D eigenvalue weighted by Crippen LogP contribution is 2.32. The van der Waals surface area contributed by atoms with Gasteiger partial charge in [-0.15, -0.1) is 0 Å². The minimum absolute atomic E-state index is 0.409. The number of hydrogen-bond acceptors (Lipinski definition) is 3. The van der Waals surface area contributed by atoms with E-state index in [4.69, 9.17) is 27.6 Å². The van der Waals surface area contributed by atoms with Crippen molar-refractivity contribution < 1.29 is 4.42 Å². The van der Waals surface area contributed by atoms with Gasteiger partial charge in [0.2, 0.25) is 0 Å². The average Bonchev–Trinajstić information content (AvgIpc) is 3.27. The Bertz CT molecular complexity index is 1230. The van der Waals surface area contributed by atoms with Gasteiger partial charge in [-0.1, -0.05) is 35.3 Å². The summed E-state index contributed by atoms with van der Waals surface area (Å²) in [7, 11) is 1.88. The lowest BCUT2D eigenvalue weighted by molar-refractivity contribution is 0.572. The summed E-state index contributed by atoms with van der Waals surface area (Å²) in [6.07, 6.45) is 1.67. The van der Waals surface area contributed by atoms with Crippen molar-refractivity contribution in [3.8, 4) is 17.4 Å². The van der Waals surface area contributed by atoms with Gasteiger partial charge in [0, 0.05) is 23.7 Å². The van der Waals surface area contributed by atoms with E-state index in [0.717, 1.165) is 11.0 Å². The van der Waals surface area contributed by atoms with Gasteiger partial charge in [0.25, 0.3) is 0 Å². The van der Waals surface area contributed by atoms with E-state index in [1.54, 1.807) is 36.4 Å². The van der Waals surface area contributed by atoms with Crippen molar-refractivity contribution in [1.29, 1.82) is 5.26 Å². The normalized spacial score (nSPS) is 11.7. The maximum Gasteiger partial charge on any atom is 0.151 e. The Labute approximate surface area is 165 Å². The van der Waals surface area contributed by atoms with Gasteiger partial charge in [-0.2, -0.15) is 5.26 Å². The van der Waals surface area contributed by atoms with Crippen LogP contribution in [-0.4, -0.2) is 9.55 Å². The largest absolute Gasteiger partial charge is 0.457 e. The molecule has 132 valence electrons. The van der Waals surface area contributed by atoms with Crippen LogP contribution in [0.3, 0.4) is 0 Å². The first kappa shape index (κ1) is 17.4. The number of allylic oxidation sites excluding steroid dienone is 1. The maximum absolute atomic E-state index is 9.64. The van der Waals surface area contributed by atoms with Crippen LogP contribution in [0.5, 0.6) is 0 Å². The van der Waals surface area contributed by atoms with Crippen LogP contribution in [-0.2, 0) is 7.05 Å². The van der Waals surface area contributed by atoms with E-state index in [1.807, 2.05) is 35.9 Å². The van der Waals surface area contributed by atoms with E-state index in [-0.39, 0.29) is 0 Å². The molecule has 0 fully saturated rings. The Morgan fingerprint density at radius 2 is 1.96 bits per heavy atom. The highest BCUT2D eigenvalue weighted by Gasteiger charge is 2.14. The second-order valence-electron chi connectivity index (χ2n) is 5.98. The van der Waals surface area contributed by atoms with E-state index >= 15 is 0 Å². The van der Waals surface area contributed by atoms with E-state index in [2.05, 4.69) is 11.1 Å². The lowest BCUT2D eigenvalue weighted by Gasteiger charge is -2.02. The van der Waals surface area contributed by atoms with Crippen LogP contribution in [0.15, 0.2) is 59.0 Å². The molecule has 0 atom stereocenters. The molecule has 0 amide bonds. The zero-order valence-electron chi connectivity index (χ0n) is 14.3. The van der Waals surface area contributed by atoms with E-state index in [1.165, 1.54) is 0 Å². The summed E-state index contributed by atoms with van der Waals surface area (Å²) >= 11 is 12.3. The molecule has 2 heterocycles. The fraction of sp³-hybridized carbons (Fsp3) is 0.0476. The van der Waals surface area contributed by atoms with E-state index < -0.39 is 0 Å². The fourth-order valence-electron chi connectivity index (χ4n) is 2.94. The van der Waals surface area contributed by atoms with Crippen LogP contribution in [0.25, 0.3) is 34.0 Å². The SMILES string of the molecule is Cn1c(C(C#N)=Cc2ccc(-c3cc(Cl)ccc3Cl)o2)nc2ccccc21. The highest BCUT2D eigenvalue weighted by atomic mass is 35.5. The molecule has 0 N–H and O–H groups in total. The van der Waals surface area contributed by atoms with Crippen molar-refractivity contribution in [1.82, 2.24) is 9.55 Å². The Kier molecular flexibility index (Phi) is 4.49. The number of para-hydroxylation sites is 2. The number of nitrogens with zero attached hydrogens (tertiary/aromatic N) is 3. The number of furan rings is 1. The smallest absolute Gasteiger partial charge is 0.151 e. The Hall–Kier alpha value is -3.00. The molecule has 0 aliphatic heterocycles. The molecule has 0 aliphatic rings. The van der Waals surface area contributed by atoms with Crippen molar-refractivity contribution >= 4 is 45.9 Å². The monoisotopic (exact) mass is 393 g/mol. The van der Waals surface area contributed by atoms with Crippen molar-refractivity contribution in [3.05, 3.63) is 76.2 Å². The molecule has 0 radical (unpaired) electrons. The van der Waals surface area contributed by atoms with Gasteiger partial charge in [0.05, 0.1) is 21.6 Å². The third-order valence-corrected chi connectivity index (χ3v) is 4.82. The molecule has 0 unspecified atom stereocenters. The number of nitriles is 1. The second kappa shape index (κ2) is 6.96. The van der Waals surface area contributed by atoms with E-state index in [0.29, 0.717) is 38.5 Å². The molecule has 4 rings (SSSR count). The molecule has 6 heteroatoms. The minimum Gasteiger partial charge on any atom is -0.457 e. The second-order valence-corrected chi connectivity index (χ2v) is 6.82. The van der Waals surface area contributed by atoms with Crippen LogP contribution in [0.1, 0.15) is 11.6 Å². The highest BCUT2D eigenvalue weighted by molar-refractivity contribution is 6.35. The molecule has 0 saturated heterocycles. The third-order valence-electron chi connectivity index (χ3n) is 4.26. The number of fused-ring (bicyclic) bond motifs is 1. The van der Waals surface area contributed by atoms with Gasteiger partial charge < -0.3 is 8.98 Å². The molecule has 27 heavy (non-hydrogen) atoms. The number of aromatic nitrogens is 2. The van der Waals surface area contributed by atoms with Crippen LogP contribution < -0.4 is 0 Å². The number of imidazole rings is 1. The summed E-state index contributed by atoms with van der Waals surface area (Å²) in [6, 6.07) is 18.7. The Morgan fingerprint density at radius 3 is 2.74 bits per heavy atom. The van der Waals surface area contributed by atoms with Crippen molar-refractivity contribution in [2.75, 3.05) is 0 Å². The standard InChI is InChI=1S/C21H13Cl2N3O/c1-26-19-5-3-2-4-18(19)25-21(26)13(12-24)10-15-7-9-20(27-15)16-11-14(22)6-8-17(16)23/h2-11H,1H3. The van der Waals surface area contributed by atoms with Gasteiger partial charge in [-0.3, -0.25) is 0 Å². The molecule has 0 spiro atoms. The quantitative estimate of drug-likeness (QED) is 0.389. The molecular weight excluding hydrogens is 381 g/mol. The fourth-order valence-corrected chi connectivity index (χ4v) is 3.32. The summed E-state index contributed by atoms with van der Waals surface area (Å²) in [4.78, 5) is 4.56. The predicted octanol–water partition coefficient (Wildman–Crippen LogP) is 6.20. The van der Waals surface area contributed by atoms with Crippen molar-refractivity contribution in [2.24, 2.45) is 7.05 Å². The van der Waals surface area contributed by atoms with Crippen LogP contribution in [0.2, 0.25) is 10.0 Å². The summed E-state index contributed by atoms with van der Waals surface area (Å²) in [5.74, 6) is 1.69. The van der Waals surface area contributed by atoms with Crippen LogP contribution in [0, 0.1) is 11.3 Å². The Morgan fingerprint density at radius 1 is 1.15 bits per heavy atom. The number of rotatable bonds is 3. The molecule has 0 bridgehead atoms. The molecule has 4 nitrogen and oxygen atoms in total. The van der Waals surface area contributed by atoms with Crippen molar-refractivity contribution in [3.63, 3.8) is 0 Å². The lowest BCUT2D eigenvalue weighted by Crippen LogP contribution is -1.95. The maximum atomic E-state index is 9.64. The van der Waals surface area contributed by atoms with Crippen LogP contribution >= 0.6 is 23.2 Å². The summed E-state index contributed by atoms with van der Waals surface area (Å²) in [5, 5.41) is 10.8. The zero-order valence-corrected chi connectivity index (χ0v) is 15.8. The van der Waals surface area contributed by atoms with Crippen molar-refractivity contribution in [2.45, 2.75) is 0 Å². The van der Waals surface area contributed by atoms with Gasteiger partial charge in [-0.25, -0.2) is 4.98 Å². The summed E-state index contributed by atoms with van der Waals surface area (Å²) < 4.78 is 7.76.